The Bertz CT molecular complexity index is 523. The van der Waals surface area contributed by atoms with Crippen LogP contribution in [0.2, 0.25) is 0 Å². The monoisotopic (exact) mass is 312 g/mol. The summed E-state index contributed by atoms with van der Waals surface area (Å²) in [5.41, 5.74) is 4.34. The number of methoxy groups -OCH3 is 1. The maximum Gasteiger partial charge on any atom is 0.218 e. The smallest absolute Gasteiger partial charge is 0.218 e. The first-order valence-corrected chi connectivity index (χ1v) is 5.98. The van der Waals surface area contributed by atoms with Gasteiger partial charge in [0.25, 0.3) is 0 Å². The number of halogens is 1. The van der Waals surface area contributed by atoms with Gasteiger partial charge < -0.3 is 4.74 Å². The van der Waals surface area contributed by atoms with Gasteiger partial charge in [-0.15, -0.1) is 5.10 Å². The number of hydrogen-bond acceptors (Lipinski definition) is 6. The lowest BCUT2D eigenvalue weighted by Crippen LogP contribution is -2.31. The van der Waals surface area contributed by atoms with Gasteiger partial charge in [-0.25, -0.2) is 15.1 Å². The molecule has 2 rings (SSSR count). The molecule has 2 heterocycles. The largest absolute Gasteiger partial charge is 0.481 e. The summed E-state index contributed by atoms with van der Waals surface area (Å²) < 4.78 is 7.50. The predicted molar refractivity (Wildman–Crippen MR) is 68.7 cm³/mol. The average molecular weight is 313 g/mol. The first kappa shape index (κ1) is 12.9. The molecule has 0 bridgehead atoms. The Morgan fingerprint density at radius 1 is 1.56 bits per heavy atom. The van der Waals surface area contributed by atoms with Crippen LogP contribution in [-0.2, 0) is 7.05 Å². The summed E-state index contributed by atoms with van der Waals surface area (Å²) in [4.78, 5) is 4.15. The van der Waals surface area contributed by atoms with Gasteiger partial charge >= 0.3 is 0 Å². The van der Waals surface area contributed by atoms with E-state index in [1.807, 2.05) is 12.1 Å². The molecule has 0 fully saturated rings. The lowest BCUT2D eigenvalue weighted by molar-refractivity contribution is 0.385. The van der Waals surface area contributed by atoms with Gasteiger partial charge in [0, 0.05) is 18.8 Å². The minimum Gasteiger partial charge on any atom is -0.481 e. The topological polar surface area (TPSA) is 90.9 Å². The van der Waals surface area contributed by atoms with Crippen LogP contribution in [0.25, 0.3) is 0 Å². The molecule has 2 aromatic heterocycles. The second-order valence-electron chi connectivity index (χ2n) is 3.59. The minimum absolute atomic E-state index is 0.317. The van der Waals surface area contributed by atoms with Crippen molar-refractivity contribution in [3.8, 4) is 5.88 Å². The van der Waals surface area contributed by atoms with Gasteiger partial charge in [-0.3, -0.25) is 5.84 Å². The fraction of sp³-hybridized carbons (Fsp3) is 0.300. The molecule has 0 spiro atoms. The van der Waals surface area contributed by atoms with E-state index in [9.17, 15) is 0 Å². The molecule has 1 unspecified atom stereocenters. The standard InChI is InChI=1S/C10H13BrN6O/c1-17-8(9(11)15-16-17)7(14-12)6-4-3-5-13-10(6)18-2/h3-5,7,14H,12H2,1-2H3. The van der Waals surface area contributed by atoms with Gasteiger partial charge in [0.15, 0.2) is 4.60 Å². The number of nitrogens with one attached hydrogen (secondary N) is 1. The maximum atomic E-state index is 5.63. The van der Waals surface area contributed by atoms with Crippen molar-refractivity contribution in [2.45, 2.75) is 6.04 Å². The highest BCUT2D eigenvalue weighted by atomic mass is 79.9. The molecule has 0 aliphatic heterocycles. The molecule has 0 aliphatic carbocycles. The van der Waals surface area contributed by atoms with Crippen molar-refractivity contribution in [1.82, 2.24) is 25.4 Å². The van der Waals surface area contributed by atoms with Crippen LogP contribution in [0.1, 0.15) is 17.3 Å². The number of rotatable bonds is 4. The summed E-state index contributed by atoms with van der Waals surface area (Å²) in [6, 6.07) is 3.39. The zero-order chi connectivity index (χ0) is 13.1. The van der Waals surface area contributed by atoms with Crippen molar-refractivity contribution in [1.29, 1.82) is 0 Å². The van der Waals surface area contributed by atoms with Gasteiger partial charge in [0.05, 0.1) is 18.8 Å². The third kappa shape index (κ3) is 2.22. The molecule has 0 amide bonds. The number of hydrazine groups is 1. The second kappa shape index (κ2) is 5.42. The fourth-order valence-corrected chi connectivity index (χ4v) is 2.31. The Morgan fingerprint density at radius 3 is 2.89 bits per heavy atom. The van der Waals surface area contributed by atoms with Crippen LogP contribution in [0, 0.1) is 0 Å². The SMILES string of the molecule is COc1ncccc1C(NN)c1c(Br)nnn1C. The molecular weight excluding hydrogens is 300 g/mol. The number of pyridine rings is 1. The highest BCUT2D eigenvalue weighted by Crippen LogP contribution is 2.30. The Balaban J connectivity index is 2.52. The van der Waals surface area contributed by atoms with Crippen LogP contribution in [0.4, 0.5) is 0 Å². The van der Waals surface area contributed by atoms with Crippen LogP contribution < -0.4 is 16.0 Å². The molecule has 3 N–H and O–H groups in total. The normalized spacial score (nSPS) is 12.4. The van der Waals surface area contributed by atoms with E-state index < -0.39 is 0 Å². The van der Waals surface area contributed by atoms with Crippen molar-refractivity contribution >= 4 is 15.9 Å². The van der Waals surface area contributed by atoms with Crippen molar-refractivity contribution in [2.75, 3.05) is 7.11 Å². The molecule has 1 atom stereocenters. The minimum atomic E-state index is -0.317. The van der Waals surface area contributed by atoms with Crippen LogP contribution in [0.5, 0.6) is 5.88 Å². The summed E-state index contributed by atoms with van der Waals surface area (Å²) in [6.07, 6.45) is 1.66. The van der Waals surface area contributed by atoms with Gasteiger partial charge in [0.2, 0.25) is 5.88 Å². The molecule has 18 heavy (non-hydrogen) atoms. The first-order valence-electron chi connectivity index (χ1n) is 5.19. The highest BCUT2D eigenvalue weighted by Gasteiger charge is 2.24. The number of ether oxygens (including phenoxy) is 1. The Labute approximate surface area is 112 Å². The predicted octanol–water partition coefficient (Wildman–Crippen LogP) is 0.534. The fourth-order valence-electron chi connectivity index (χ4n) is 1.75. The average Bonchev–Trinajstić information content (AvgIpc) is 2.72. The highest BCUT2D eigenvalue weighted by molar-refractivity contribution is 9.10. The molecular formula is C10H13BrN6O. The van der Waals surface area contributed by atoms with Crippen LogP contribution in [-0.4, -0.2) is 27.1 Å². The van der Waals surface area contributed by atoms with Crippen LogP contribution in [0.15, 0.2) is 22.9 Å². The molecule has 2 aromatic rings. The van der Waals surface area contributed by atoms with Crippen LogP contribution in [0.3, 0.4) is 0 Å². The van der Waals surface area contributed by atoms with E-state index in [4.69, 9.17) is 10.6 Å². The van der Waals surface area contributed by atoms with E-state index in [0.717, 1.165) is 11.3 Å². The quantitative estimate of drug-likeness (QED) is 0.632. The van der Waals surface area contributed by atoms with E-state index in [1.165, 1.54) is 0 Å². The molecule has 8 heteroatoms. The zero-order valence-corrected chi connectivity index (χ0v) is 11.5. The molecule has 0 aliphatic rings. The Morgan fingerprint density at radius 2 is 2.33 bits per heavy atom. The summed E-state index contributed by atoms with van der Waals surface area (Å²) in [6.45, 7) is 0. The van der Waals surface area contributed by atoms with Crippen LogP contribution >= 0.6 is 15.9 Å². The number of hydrogen-bond donors (Lipinski definition) is 2. The first-order chi connectivity index (χ1) is 8.69. The van der Waals surface area contributed by atoms with E-state index in [-0.39, 0.29) is 6.04 Å². The third-order valence-corrected chi connectivity index (χ3v) is 3.14. The third-order valence-electron chi connectivity index (χ3n) is 2.57. The van der Waals surface area contributed by atoms with Gasteiger partial charge in [-0.05, 0) is 22.0 Å². The molecule has 0 saturated heterocycles. The van der Waals surface area contributed by atoms with Crippen molar-refractivity contribution in [3.05, 3.63) is 34.2 Å². The molecule has 96 valence electrons. The molecule has 0 aromatic carbocycles. The lowest BCUT2D eigenvalue weighted by Gasteiger charge is -2.18. The van der Waals surface area contributed by atoms with Gasteiger partial charge in [0.1, 0.15) is 0 Å². The van der Waals surface area contributed by atoms with Crippen molar-refractivity contribution < 1.29 is 4.74 Å². The Hall–Kier alpha value is -1.51. The van der Waals surface area contributed by atoms with Gasteiger partial charge in [-0.2, -0.15) is 0 Å². The van der Waals surface area contributed by atoms with E-state index in [1.54, 1.807) is 25.0 Å². The van der Waals surface area contributed by atoms with E-state index in [2.05, 4.69) is 36.7 Å². The maximum absolute atomic E-state index is 5.63. The number of aromatic nitrogens is 4. The molecule has 0 saturated carbocycles. The Kier molecular flexibility index (Phi) is 3.90. The van der Waals surface area contributed by atoms with E-state index >= 15 is 0 Å². The summed E-state index contributed by atoms with van der Waals surface area (Å²) >= 11 is 3.35. The summed E-state index contributed by atoms with van der Waals surface area (Å²) in [5.74, 6) is 6.14. The molecule has 7 nitrogen and oxygen atoms in total. The second-order valence-corrected chi connectivity index (χ2v) is 4.34. The summed E-state index contributed by atoms with van der Waals surface area (Å²) in [5, 5.41) is 7.87. The summed E-state index contributed by atoms with van der Waals surface area (Å²) in [7, 11) is 3.36. The molecule has 0 radical (unpaired) electrons. The zero-order valence-electron chi connectivity index (χ0n) is 9.96. The van der Waals surface area contributed by atoms with Crippen molar-refractivity contribution in [3.63, 3.8) is 0 Å². The number of aryl methyl sites for hydroxylation is 1. The van der Waals surface area contributed by atoms with Gasteiger partial charge in [-0.1, -0.05) is 11.3 Å². The van der Waals surface area contributed by atoms with Crippen molar-refractivity contribution in [2.24, 2.45) is 12.9 Å². The van der Waals surface area contributed by atoms with E-state index in [0.29, 0.717) is 10.5 Å². The number of nitrogens with two attached hydrogens (primary N) is 1. The number of nitrogens with zero attached hydrogens (tertiary/aromatic N) is 4. The lowest BCUT2D eigenvalue weighted by atomic mass is 10.1.